The van der Waals surface area contributed by atoms with Gasteiger partial charge in [0, 0.05) is 59.6 Å². The van der Waals surface area contributed by atoms with Crippen LogP contribution in [0.1, 0.15) is 82.4 Å². The van der Waals surface area contributed by atoms with Gasteiger partial charge in [-0.1, -0.05) is 48.8 Å². The molecule has 296 valence electrons. The molecule has 0 saturated heterocycles. The first-order valence-electron chi connectivity index (χ1n) is 17.7. The highest BCUT2D eigenvalue weighted by molar-refractivity contribution is 7.86. The van der Waals surface area contributed by atoms with Gasteiger partial charge in [-0.2, -0.15) is 13.0 Å². The molecular formula is C37H49N4O10S3-. The van der Waals surface area contributed by atoms with E-state index in [1.165, 1.54) is 18.2 Å². The number of unbranched alkanes of at least 4 members (excludes halogenated alkanes) is 2. The number of nitrogens with zero attached hydrogens (tertiary/aromatic N) is 2. The van der Waals surface area contributed by atoms with Crippen LogP contribution < -0.4 is 16.2 Å². The Balaban J connectivity index is 1.71. The molecule has 1 atom stereocenters. The van der Waals surface area contributed by atoms with Gasteiger partial charge in [0.05, 0.1) is 26.2 Å². The molecule has 0 saturated carbocycles. The molecule has 4 rings (SSSR count). The van der Waals surface area contributed by atoms with Gasteiger partial charge in [-0.3, -0.25) is 14.8 Å². The Morgan fingerprint density at radius 1 is 0.907 bits per heavy atom. The van der Waals surface area contributed by atoms with Gasteiger partial charge in [-0.05, 0) is 76.8 Å². The normalized spacial score (nSPS) is 19.3. The minimum atomic E-state index is -4.74. The van der Waals surface area contributed by atoms with E-state index in [4.69, 9.17) is 5.84 Å². The number of anilines is 1. The molecule has 4 N–H and O–H groups in total. The van der Waals surface area contributed by atoms with Crippen LogP contribution in [0.5, 0.6) is 0 Å². The molecule has 2 aliphatic rings. The molecule has 17 heteroatoms. The first-order chi connectivity index (χ1) is 25.1. The number of nitrogens with two attached hydrogens (primary N) is 1. The highest BCUT2D eigenvalue weighted by atomic mass is 32.2. The van der Waals surface area contributed by atoms with Crippen LogP contribution in [0.3, 0.4) is 0 Å². The molecule has 1 amide bonds. The van der Waals surface area contributed by atoms with Crippen molar-refractivity contribution < 1.29 is 48.3 Å². The molecule has 54 heavy (non-hydrogen) atoms. The van der Waals surface area contributed by atoms with Crippen LogP contribution in [0.15, 0.2) is 77.4 Å². The number of aryl methyl sites for hydroxylation is 1. The summed E-state index contributed by atoms with van der Waals surface area (Å²) in [5.41, 5.74) is 6.73. The van der Waals surface area contributed by atoms with E-state index in [9.17, 15) is 43.7 Å². The van der Waals surface area contributed by atoms with Crippen LogP contribution in [0.4, 0.5) is 11.4 Å². The van der Waals surface area contributed by atoms with E-state index < -0.39 is 52.7 Å². The Labute approximate surface area is 318 Å². The lowest BCUT2D eigenvalue weighted by molar-refractivity contribution is -0.437. The number of nitrogens with one attached hydrogen (secondary N) is 1. The highest BCUT2D eigenvalue weighted by Crippen LogP contribution is 2.51. The number of carbonyl (C=O) groups excluding carboxylic acids is 1. The van der Waals surface area contributed by atoms with Crippen LogP contribution in [0.25, 0.3) is 0 Å². The summed E-state index contributed by atoms with van der Waals surface area (Å²) < 4.78 is 104. The monoisotopic (exact) mass is 805 g/mol. The maximum atomic E-state index is 11.9. The minimum Gasteiger partial charge on any atom is -0.748 e. The smallest absolute Gasteiger partial charge is 0.265 e. The van der Waals surface area contributed by atoms with Gasteiger partial charge in [0.15, 0.2) is 5.71 Å². The SMILES string of the molecule is Cc1ccc2c(c1)C(C)(CCCCCC(=O)NN)C(=CC=CC=CC1=[N+](CCCS(=O)(=O)O)c3ccc(S(=O)(=O)[O-])cc3C1(C)C)N2CCCS(=O)(=O)[O-]. The summed E-state index contributed by atoms with van der Waals surface area (Å²) in [5.74, 6) is 4.02. The standard InChI is InChI=1S/C37H50N4O10S3/c1-27-16-18-32-30(25-27)37(4,20-10-6-9-15-35(42)39-38)34(41(32)22-12-24-53(46,47)48)14-8-5-7-13-33-36(2,3)29-26-28(54(49,50)51)17-19-31(29)40(33)21-11-23-52(43,44)45/h5,7-8,13-14,16-19,25-26H,6,9-12,15,20-24,38H2,1-4H3,(H3-,39,42,43,44,45,46,47,48,49,50,51)/p-1. The number of rotatable bonds is 18. The molecule has 0 aromatic heterocycles. The van der Waals surface area contributed by atoms with E-state index in [0.29, 0.717) is 36.3 Å². The summed E-state index contributed by atoms with van der Waals surface area (Å²) in [4.78, 5) is 13.3. The summed E-state index contributed by atoms with van der Waals surface area (Å²) in [6, 6.07) is 10.2. The number of hydrogen-bond donors (Lipinski definition) is 3. The lowest BCUT2D eigenvalue weighted by Crippen LogP contribution is -2.30. The van der Waals surface area contributed by atoms with Gasteiger partial charge < -0.3 is 14.0 Å². The summed E-state index contributed by atoms with van der Waals surface area (Å²) in [6.45, 7) is 8.35. The molecular weight excluding hydrogens is 757 g/mol. The van der Waals surface area contributed by atoms with Gasteiger partial charge in [0.1, 0.15) is 16.7 Å². The zero-order valence-corrected chi connectivity index (χ0v) is 33.4. The molecule has 0 bridgehead atoms. The summed E-state index contributed by atoms with van der Waals surface area (Å²) in [6.07, 6.45) is 12.7. The lowest BCUT2D eigenvalue weighted by Gasteiger charge is -2.30. The first-order valence-corrected chi connectivity index (χ1v) is 22.3. The van der Waals surface area contributed by atoms with Gasteiger partial charge in [-0.15, -0.1) is 0 Å². The van der Waals surface area contributed by atoms with E-state index in [2.05, 4.69) is 23.3 Å². The molecule has 0 radical (unpaired) electrons. The van der Waals surface area contributed by atoms with E-state index in [1.807, 2.05) is 61.8 Å². The summed E-state index contributed by atoms with van der Waals surface area (Å²) in [5, 5.41) is 0. The highest BCUT2D eigenvalue weighted by Gasteiger charge is 2.45. The first kappa shape index (κ1) is 43.0. The van der Waals surface area contributed by atoms with Crippen molar-refractivity contribution in [3.05, 3.63) is 89.2 Å². The molecule has 0 fully saturated rings. The average Bonchev–Trinajstić information content (AvgIpc) is 3.41. The Morgan fingerprint density at radius 2 is 1.63 bits per heavy atom. The van der Waals surface area contributed by atoms with E-state index in [1.54, 1.807) is 6.08 Å². The Kier molecular flexibility index (Phi) is 13.5. The van der Waals surface area contributed by atoms with Crippen molar-refractivity contribution in [3.8, 4) is 0 Å². The van der Waals surface area contributed by atoms with E-state index >= 15 is 0 Å². The van der Waals surface area contributed by atoms with Crippen molar-refractivity contribution in [2.24, 2.45) is 5.84 Å². The van der Waals surface area contributed by atoms with Crippen molar-refractivity contribution in [1.29, 1.82) is 0 Å². The second-order valence-corrected chi connectivity index (χ2v) is 19.0. The molecule has 2 aliphatic heterocycles. The number of carbonyl (C=O) groups is 1. The van der Waals surface area contributed by atoms with E-state index in [-0.39, 0.29) is 30.2 Å². The fraction of sp³-hybridized carbons (Fsp3) is 0.459. The van der Waals surface area contributed by atoms with Crippen LogP contribution in [0, 0.1) is 6.92 Å². The fourth-order valence-electron chi connectivity index (χ4n) is 7.40. The number of hydrazine groups is 1. The molecule has 14 nitrogen and oxygen atoms in total. The third-order valence-corrected chi connectivity index (χ3v) is 12.5. The predicted octanol–water partition coefficient (Wildman–Crippen LogP) is 4.20. The van der Waals surface area contributed by atoms with Gasteiger partial charge >= 0.3 is 0 Å². The number of allylic oxidation sites excluding steroid dienone is 6. The summed E-state index contributed by atoms with van der Waals surface area (Å²) >= 11 is 0. The summed E-state index contributed by atoms with van der Waals surface area (Å²) in [7, 11) is -13.4. The molecule has 0 spiro atoms. The number of amides is 1. The number of benzene rings is 2. The third-order valence-electron chi connectivity index (χ3n) is 10.1. The van der Waals surface area contributed by atoms with Crippen molar-refractivity contribution in [1.82, 2.24) is 5.43 Å². The van der Waals surface area contributed by atoms with Crippen LogP contribution in [-0.4, -0.2) is 79.7 Å². The minimum absolute atomic E-state index is 0.0809. The molecule has 2 aromatic rings. The molecule has 2 heterocycles. The number of fused-ring (bicyclic) bond motifs is 2. The Bertz CT molecular complexity index is 2210. The Morgan fingerprint density at radius 3 is 2.28 bits per heavy atom. The third kappa shape index (κ3) is 10.5. The van der Waals surface area contributed by atoms with Crippen molar-refractivity contribution in [2.75, 3.05) is 29.5 Å². The van der Waals surface area contributed by atoms with Crippen LogP contribution in [-0.2, 0) is 46.0 Å². The number of hydrogen-bond acceptors (Lipinski definition) is 11. The van der Waals surface area contributed by atoms with Crippen molar-refractivity contribution >= 4 is 53.3 Å². The largest absolute Gasteiger partial charge is 0.748 e. The molecule has 2 aromatic carbocycles. The van der Waals surface area contributed by atoms with Crippen molar-refractivity contribution in [2.45, 2.75) is 88.4 Å². The second-order valence-electron chi connectivity index (χ2n) is 14.5. The van der Waals surface area contributed by atoms with Crippen molar-refractivity contribution in [3.63, 3.8) is 0 Å². The lowest BCUT2D eigenvalue weighted by atomic mass is 9.76. The predicted molar refractivity (Wildman–Crippen MR) is 205 cm³/mol. The average molecular weight is 806 g/mol. The van der Waals surface area contributed by atoms with Gasteiger partial charge in [-0.25, -0.2) is 22.7 Å². The van der Waals surface area contributed by atoms with Crippen LogP contribution in [0.2, 0.25) is 0 Å². The van der Waals surface area contributed by atoms with Gasteiger partial charge in [0.2, 0.25) is 11.6 Å². The topological polar surface area (TPSA) is 230 Å². The van der Waals surface area contributed by atoms with E-state index in [0.717, 1.165) is 41.8 Å². The zero-order valence-electron chi connectivity index (χ0n) is 30.9. The maximum Gasteiger partial charge on any atom is 0.265 e. The maximum absolute atomic E-state index is 11.9. The molecule has 0 aliphatic carbocycles. The fourth-order valence-corrected chi connectivity index (χ4v) is 8.87. The zero-order chi connectivity index (χ0) is 40.1. The Hall–Kier alpha value is -3.71. The van der Waals surface area contributed by atoms with Gasteiger partial charge in [0.25, 0.3) is 10.1 Å². The molecule has 1 unspecified atom stereocenters. The second kappa shape index (κ2) is 17.0. The van der Waals surface area contributed by atoms with Crippen LogP contribution >= 0.6 is 0 Å². The quantitative estimate of drug-likeness (QED) is 0.0366.